The lowest BCUT2D eigenvalue weighted by molar-refractivity contribution is 0.450. The third kappa shape index (κ3) is 3.40. The van der Waals surface area contributed by atoms with Gasteiger partial charge < -0.3 is 16.1 Å². The van der Waals surface area contributed by atoms with Crippen LogP contribution in [0.15, 0.2) is 66.5 Å². The lowest BCUT2D eigenvalue weighted by Crippen LogP contribution is -2.31. The Labute approximate surface area is 133 Å². The molecule has 0 fully saturated rings. The van der Waals surface area contributed by atoms with Crippen LogP contribution >= 0.6 is 0 Å². The summed E-state index contributed by atoms with van der Waals surface area (Å²) in [5.74, 6) is 5.97. The first-order chi connectivity index (χ1) is 10.6. The smallest absolute Gasteiger partial charge is 0.0843 e. The van der Waals surface area contributed by atoms with E-state index in [2.05, 4.69) is 18.5 Å². The van der Waals surface area contributed by atoms with Gasteiger partial charge in [-0.15, -0.1) is 0 Å². The SMILES string of the molecule is C=C/C1=C(C=C)/C(N(C)N)=C(/N)c2ccccc2CN1.CC. The van der Waals surface area contributed by atoms with Crippen LogP contribution in [0.1, 0.15) is 25.0 Å². The van der Waals surface area contributed by atoms with Gasteiger partial charge in [-0.2, -0.15) is 0 Å². The Morgan fingerprint density at radius 2 is 1.82 bits per heavy atom. The third-order valence-corrected chi connectivity index (χ3v) is 3.34. The number of hydrogen-bond acceptors (Lipinski definition) is 4. The van der Waals surface area contributed by atoms with Crippen molar-refractivity contribution in [1.82, 2.24) is 10.3 Å². The Morgan fingerprint density at radius 1 is 1.18 bits per heavy atom. The summed E-state index contributed by atoms with van der Waals surface area (Å²) in [5.41, 5.74) is 11.5. The van der Waals surface area contributed by atoms with Gasteiger partial charge in [0.05, 0.1) is 11.4 Å². The van der Waals surface area contributed by atoms with E-state index in [4.69, 9.17) is 11.6 Å². The lowest BCUT2D eigenvalue weighted by atomic mass is 9.97. The van der Waals surface area contributed by atoms with Gasteiger partial charge in [0, 0.05) is 30.4 Å². The van der Waals surface area contributed by atoms with Crippen molar-refractivity contribution >= 4 is 5.70 Å². The Morgan fingerprint density at radius 3 is 2.36 bits per heavy atom. The van der Waals surface area contributed by atoms with Crippen LogP contribution in [0.2, 0.25) is 0 Å². The number of nitrogens with one attached hydrogen (secondary N) is 1. The molecule has 4 nitrogen and oxygen atoms in total. The maximum Gasteiger partial charge on any atom is 0.0843 e. The van der Waals surface area contributed by atoms with Gasteiger partial charge in [0.1, 0.15) is 0 Å². The molecule has 5 N–H and O–H groups in total. The molecule has 118 valence electrons. The fourth-order valence-electron chi connectivity index (χ4n) is 2.39. The molecule has 0 saturated carbocycles. The first-order valence-electron chi connectivity index (χ1n) is 7.40. The molecule has 0 radical (unpaired) electrons. The van der Waals surface area contributed by atoms with Crippen molar-refractivity contribution in [3.63, 3.8) is 0 Å². The number of likely N-dealkylation sites (N-methyl/N-ethyl adjacent to an activating group) is 1. The van der Waals surface area contributed by atoms with Crippen LogP contribution in [0.5, 0.6) is 0 Å². The third-order valence-electron chi connectivity index (χ3n) is 3.34. The van der Waals surface area contributed by atoms with E-state index in [0.717, 1.165) is 28.1 Å². The number of hydrogen-bond donors (Lipinski definition) is 3. The lowest BCUT2D eigenvalue weighted by Gasteiger charge is -2.26. The molecule has 1 aliphatic rings. The van der Waals surface area contributed by atoms with Gasteiger partial charge >= 0.3 is 0 Å². The van der Waals surface area contributed by atoms with Crippen molar-refractivity contribution in [3.8, 4) is 0 Å². The second-order valence-electron chi connectivity index (χ2n) is 4.62. The van der Waals surface area contributed by atoms with E-state index < -0.39 is 0 Å². The number of rotatable bonds is 3. The van der Waals surface area contributed by atoms with Gasteiger partial charge in [0.25, 0.3) is 0 Å². The summed E-state index contributed by atoms with van der Waals surface area (Å²) in [4.78, 5) is 0. The second kappa shape index (κ2) is 8.10. The van der Waals surface area contributed by atoms with Crippen molar-refractivity contribution in [2.45, 2.75) is 20.4 Å². The molecular formula is C18H26N4. The van der Waals surface area contributed by atoms with E-state index in [9.17, 15) is 0 Å². The van der Waals surface area contributed by atoms with Gasteiger partial charge in [0.15, 0.2) is 0 Å². The zero-order valence-corrected chi connectivity index (χ0v) is 13.7. The summed E-state index contributed by atoms with van der Waals surface area (Å²) in [6.07, 6.45) is 3.49. The number of fused-ring (bicyclic) bond motifs is 1. The minimum absolute atomic E-state index is 0.640. The van der Waals surface area contributed by atoms with Crippen LogP contribution in [0.25, 0.3) is 5.70 Å². The van der Waals surface area contributed by atoms with E-state index in [-0.39, 0.29) is 0 Å². The molecule has 2 rings (SSSR count). The largest absolute Gasteiger partial charge is 0.396 e. The van der Waals surface area contributed by atoms with Crippen molar-refractivity contribution < 1.29 is 0 Å². The fraction of sp³-hybridized carbons (Fsp3) is 0.222. The molecule has 22 heavy (non-hydrogen) atoms. The number of hydrazine groups is 1. The zero-order chi connectivity index (χ0) is 16.7. The monoisotopic (exact) mass is 298 g/mol. The molecule has 1 aromatic carbocycles. The Hall–Kier alpha value is -2.46. The molecule has 0 atom stereocenters. The minimum Gasteiger partial charge on any atom is -0.396 e. The highest BCUT2D eigenvalue weighted by atomic mass is 15.4. The first kappa shape index (κ1) is 17.6. The summed E-state index contributed by atoms with van der Waals surface area (Å²) in [5, 5.41) is 4.87. The van der Waals surface area contributed by atoms with Crippen LogP contribution in [0.4, 0.5) is 0 Å². The molecule has 0 spiro atoms. The van der Waals surface area contributed by atoms with E-state index in [1.807, 2.05) is 38.1 Å². The minimum atomic E-state index is 0.640. The molecule has 0 aliphatic carbocycles. The van der Waals surface area contributed by atoms with Crippen LogP contribution in [0, 0.1) is 0 Å². The summed E-state index contributed by atoms with van der Waals surface area (Å²) in [6.45, 7) is 12.4. The van der Waals surface area contributed by atoms with E-state index >= 15 is 0 Å². The molecule has 0 unspecified atom stereocenters. The number of nitrogens with two attached hydrogens (primary N) is 2. The Balaban J connectivity index is 0.00000116. The van der Waals surface area contributed by atoms with Gasteiger partial charge in [-0.25, -0.2) is 5.84 Å². The predicted molar refractivity (Wildman–Crippen MR) is 95.1 cm³/mol. The molecule has 0 amide bonds. The van der Waals surface area contributed by atoms with E-state index in [0.29, 0.717) is 12.2 Å². The van der Waals surface area contributed by atoms with Crippen LogP contribution in [-0.2, 0) is 6.54 Å². The van der Waals surface area contributed by atoms with Gasteiger partial charge in [-0.3, -0.25) is 0 Å². The molecule has 0 saturated heterocycles. The highest BCUT2D eigenvalue weighted by Gasteiger charge is 2.19. The van der Waals surface area contributed by atoms with Crippen molar-refractivity contribution in [2.75, 3.05) is 7.05 Å². The summed E-state index contributed by atoms with van der Waals surface area (Å²) >= 11 is 0. The first-order valence-corrected chi connectivity index (χ1v) is 7.40. The second-order valence-corrected chi connectivity index (χ2v) is 4.62. The normalized spacial score (nSPS) is 20.4. The zero-order valence-electron chi connectivity index (χ0n) is 13.7. The molecule has 0 aromatic heterocycles. The van der Waals surface area contributed by atoms with Crippen molar-refractivity contribution in [3.05, 3.63) is 77.7 Å². The van der Waals surface area contributed by atoms with E-state index in [1.165, 1.54) is 5.01 Å². The highest BCUT2D eigenvalue weighted by molar-refractivity contribution is 5.74. The molecule has 1 aromatic rings. The topological polar surface area (TPSA) is 67.3 Å². The van der Waals surface area contributed by atoms with Crippen LogP contribution in [0.3, 0.4) is 0 Å². The molecule has 0 bridgehead atoms. The van der Waals surface area contributed by atoms with Crippen LogP contribution in [-0.4, -0.2) is 12.1 Å². The van der Waals surface area contributed by atoms with Gasteiger partial charge in [-0.1, -0.05) is 57.3 Å². The van der Waals surface area contributed by atoms with Gasteiger partial charge in [-0.05, 0) is 11.6 Å². The molecular weight excluding hydrogens is 272 g/mol. The fourth-order valence-corrected chi connectivity index (χ4v) is 2.39. The van der Waals surface area contributed by atoms with Crippen molar-refractivity contribution in [1.29, 1.82) is 0 Å². The number of nitrogens with zero attached hydrogens (tertiary/aromatic N) is 1. The van der Waals surface area contributed by atoms with Crippen molar-refractivity contribution in [2.24, 2.45) is 11.6 Å². The molecule has 4 heteroatoms. The molecule has 1 heterocycles. The Bertz CT molecular complexity index is 609. The summed E-state index contributed by atoms with van der Waals surface area (Å²) in [6, 6.07) is 8.00. The van der Waals surface area contributed by atoms with Crippen LogP contribution < -0.4 is 16.9 Å². The average molecular weight is 298 g/mol. The van der Waals surface area contributed by atoms with E-state index in [1.54, 1.807) is 19.2 Å². The molecule has 1 aliphatic heterocycles. The number of benzene rings is 1. The standard InChI is InChI=1S/C16H20N4.C2H6/c1-4-12-14(5-2)19-10-11-8-6-7-9-13(11)15(17)16(12)20(3)18;1-2/h4-9,19H,1-2,10,17-18H2,3H3;1-2H3/b14-12-,16-15-;. The maximum atomic E-state index is 6.36. The average Bonchev–Trinajstić information content (AvgIpc) is 2.54. The predicted octanol–water partition coefficient (Wildman–Crippen LogP) is 2.87. The Kier molecular flexibility index (Phi) is 6.47. The highest BCUT2D eigenvalue weighted by Crippen LogP contribution is 2.28. The van der Waals surface area contributed by atoms with Gasteiger partial charge in [0.2, 0.25) is 0 Å². The number of allylic oxidation sites excluding steroid dienone is 2. The summed E-state index contributed by atoms with van der Waals surface area (Å²) < 4.78 is 0. The maximum absolute atomic E-state index is 6.36. The quantitative estimate of drug-likeness (QED) is 0.593. The summed E-state index contributed by atoms with van der Waals surface area (Å²) in [7, 11) is 1.76.